The van der Waals surface area contributed by atoms with Crippen molar-refractivity contribution in [2.24, 2.45) is 0 Å². The predicted molar refractivity (Wildman–Crippen MR) is 29.8 cm³/mol. The van der Waals surface area contributed by atoms with Crippen LogP contribution >= 0.6 is 0 Å². The highest BCUT2D eigenvalue weighted by Crippen LogP contribution is 1.77. The molecule has 3 heteroatoms. The van der Waals surface area contributed by atoms with Gasteiger partial charge in [-0.2, -0.15) is 5.26 Å². The average molecular weight is 117 g/mol. The molecule has 0 atom stereocenters. The van der Waals surface area contributed by atoms with E-state index in [9.17, 15) is 0 Å². The third-order valence-electron chi connectivity index (χ3n) is 0.274. The summed E-state index contributed by atoms with van der Waals surface area (Å²) in [6, 6.07) is 1.57. The quantitative estimate of drug-likeness (QED) is 0.483. The van der Waals surface area contributed by atoms with Crippen molar-refractivity contribution < 1.29 is 10.2 Å². The van der Waals surface area contributed by atoms with Gasteiger partial charge in [0.25, 0.3) is 0 Å². The zero-order valence-electron chi connectivity index (χ0n) is 5.13. The first-order valence-corrected chi connectivity index (χ1v) is 2.50. The van der Waals surface area contributed by atoms with Crippen LogP contribution in [-0.2, 0) is 0 Å². The van der Waals surface area contributed by atoms with E-state index < -0.39 is 6.29 Å². The molecule has 0 aromatic heterocycles. The van der Waals surface area contributed by atoms with Crippen LogP contribution in [0.2, 0.25) is 0 Å². The Morgan fingerprint density at radius 2 is 1.88 bits per heavy atom. The Morgan fingerprint density at radius 1 is 1.50 bits per heavy atom. The third-order valence-corrected chi connectivity index (χ3v) is 0.274. The first-order chi connectivity index (χ1) is 3.77. The van der Waals surface area contributed by atoms with E-state index in [1.165, 1.54) is 0 Å². The molecule has 0 aromatic rings. The van der Waals surface area contributed by atoms with Gasteiger partial charge in [0, 0.05) is 0 Å². The molecule has 0 unspecified atom stereocenters. The molecule has 0 amide bonds. The average Bonchev–Trinajstić information content (AvgIpc) is 1.72. The van der Waals surface area contributed by atoms with Gasteiger partial charge in [0.2, 0.25) is 0 Å². The van der Waals surface area contributed by atoms with E-state index in [2.05, 4.69) is 0 Å². The number of hydrogen-bond donors (Lipinski definition) is 2. The molecule has 0 rings (SSSR count). The summed E-state index contributed by atoms with van der Waals surface area (Å²) < 4.78 is 0. The van der Waals surface area contributed by atoms with Crippen LogP contribution in [0.15, 0.2) is 0 Å². The SMILES string of the molecule is CC.N#CCC(O)O. The fourth-order valence-electron chi connectivity index (χ4n) is 0.0816. The Hall–Kier alpha value is -0.590. The van der Waals surface area contributed by atoms with Crippen LogP contribution in [0.1, 0.15) is 20.3 Å². The summed E-state index contributed by atoms with van der Waals surface area (Å²) in [6.07, 6.45) is -1.67. The molecule has 0 saturated carbocycles. The summed E-state index contributed by atoms with van der Waals surface area (Å²) in [5.41, 5.74) is 0. The van der Waals surface area contributed by atoms with Gasteiger partial charge < -0.3 is 10.2 Å². The summed E-state index contributed by atoms with van der Waals surface area (Å²) in [7, 11) is 0. The second-order valence-electron chi connectivity index (χ2n) is 0.843. The van der Waals surface area contributed by atoms with Crippen LogP contribution < -0.4 is 0 Å². The standard InChI is InChI=1S/C3H5NO2.C2H6/c4-2-1-3(5)6;1-2/h3,5-6H,1H2;1-2H3. The zero-order valence-corrected chi connectivity index (χ0v) is 5.13. The van der Waals surface area contributed by atoms with Gasteiger partial charge in [-0.25, -0.2) is 0 Å². The molecule has 0 spiro atoms. The molecule has 3 nitrogen and oxygen atoms in total. The van der Waals surface area contributed by atoms with Crippen molar-refractivity contribution in [1.82, 2.24) is 0 Å². The van der Waals surface area contributed by atoms with Crippen LogP contribution in [0.3, 0.4) is 0 Å². The zero-order chi connectivity index (χ0) is 6.99. The Labute approximate surface area is 49.2 Å². The maximum atomic E-state index is 7.89. The van der Waals surface area contributed by atoms with Gasteiger partial charge in [-0.1, -0.05) is 13.8 Å². The molecule has 0 heterocycles. The Kier molecular flexibility index (Phi) is 12.5. The molecule has 2 N–H and O–H groups in total. The highest BCUT2D eigenvalue weighted by Gasteiger charge is 1.89. The molecule has 0 aliphatic rings. The molecule has 0 saturated heterocycles. The minimum Gasteiger partial charge on any atom is -0.367 e. The monoisotopic (exact) mass is 117 g/mol. The van der Waals surface area contributed by atoms with Gasteiger partial charge >= 0.3 is 0 Å². The summed E-state index contributed by atoms with van der Waals surface area (Å²) in [6.45, 7) is 4.00. The van der Waals surface area contributed by atoms with E-state index in [0.29, 0.717) is 0 Å². The highest BCUT2D eigenvalue weighted by atomic mass is 16.5. The van der Waals surface area contributed by atoms with Gasteiger partial charge in [0.05, 0.1) is 12.5 Å². The molecule has 0 aliphatic heterocycles. The fourth-order valence-corrected chi connectivity index (χ4v) is 0.0816. The lowest BCUT2D eigenvalue weighted by atomic mass is 10.5. The summed E-state index contributed by atoms with van der Waals surface area (Å²) in [4.78, 5) is 0. The lowest BCUT2D eigenvalue weighted by molar-refractivity contribution is -0.0347. The maximum absolute atomic E-state index is 7.89. The van der Waals surface area contributed by atoms with Crippen LogP contribution in [0.4, 0.5) is 0 Å². The number of hydrogen-bond acceptors (Lipinski definition) is 3. The summed E-state index contributed by atoms with van der Waals surface area (Å²) in [5, 5.41) is 23.4. The van der Waals surface area contributed by atoms with Crippen molar-refractivity contribution in [1.29, 1.82) is 5.26 Å². The fraction of sp³-hybridized carbons (Fsp3) is 0.800. The van der Waals surface area contributed by atoms with Crippen molar-refractivity contribution in [2.45, 2.75) is 26.6 Å². The molecule has 48 valence electrons. The Morgan fingerprint density at radius 3 is 1.88 bits per heavy atom. The van der Waals surface area contributed by atoms with Crippen LogP contribution in [0.5, 0.6) is 0 Å². The first-order valence-electron chi connectivity index (χ1n) is 2.50. The molecule has 0 fully saturated rings. The van der Waals surface area contributed by atoms with E-state index in [0.717, 1.165) is 0 Å². The number of aliphatic hydroxyl groups excluding tert-OH is 1. The molecule has 0 aliphatic carbocycles. The molecular formula is C5H11NO2. The number of nitriles is 1. The van der Waals surface area contributed by atoms with Crippen molar-refractivity contribution in [3.05, 3.63) is 0 Å². The second-order valence-corrected chi connectivity index (χ2v) is 0.843. The largest absolute Gasteiger partial charge is 0.367 e. The normalized spacial score (nSPS) is 7.00. The lowest BCUT2D eigenvalue weighted by Crippen LogP contribution is -2.00. The van der Waals surface area contributed by atoms with Gasteiger partial charge in [0.1, 0.15) is 0 Å². The number of aliphatic hydroxyl groups is 2. The minimum absolute atomic E-state index is 0.208. The number of rotatable bonds is 1. The third kappa shape index (κ3) is 18.1. The van der Waals surface area contributed by atoms with E-state index in [1.54, 1.807) is 6.07 Å². The smallest absolute Gasteiger partial charge is 0.164 e. The predicted octanol–water partition coefficient (Wildman–Crippen LogP) is 0.237. The van der Waals surface area contributed by atoms with Crippen molar-refractivity contribution in [3.63, 3.8) is 0 Å². The van der Waals surface area contributed by atoms with Crippen LogP contribution in [-0.4, -0.2) is 16.5 Å². The Bertz CT molecular complexity index is 65.3. The van der Waals surface area contributed by atoms with Crippen molar-refractivity contribution >= 4 is 0 Å². The van der Waals surface area contributed by atoms with Gasteiger partial charge in [-0.05, 0) is 0 Å². The lowest BCUT2D eigenvalue weighted by Gasteiger charge is -1.88. The molecule has 0 radical (unpaired) electrons. The van der Waals surface area contributed by atoms with Crippen LogP contribution in [0.25, 0.3) is 0 Å². The van der Waals surface area contributed by atoms with Crippen molar-refractivity contribution in [2.75, 3.05) is 0 Å². The van der Waals surface area contributed by atoms with Crippen LogP contribution in [0, 0.1) is 11.3 Å². The summed E-state index contributed by atoms with van der Waals surface area (Å²) >= 11 is 0. The van der Waals surface area contributed by atoms with E-state index in [-0.39, 0.29) is 6.42 Å². The molecule has 0 bridgehead atoms. The first kappa shape index (κ1) is 10.4. The topological polar surface area (TPSA) is 64.2 Å². The Balaban J connectivity index is 0. The highest BCUT2D eigenvalue weighted by molar-refractivity contribution is 4.68. The van der Waals surface area contributed by atoms with Crippen molar-refractivity contribution in [3.8, 4) is 6.07 Å². The van der Waals surface area contributed by atoms with Gasteiger partial charge in [-0.3, -0.25) is 0 Å². The summed E-state index contributed by atoms with van der Waals surface area (Å²) in [5.74, 6) is 0. The minimum atomic E-state index is -1.46. The van der Waals surface area contributed by atoms with E-state index in [1.807, 2.05) is 13.8 Å². The second kappa shape index (κ2) is 9.65. The molecular weight excluding hydrogens is 106 g/mol. The van der Waals surface area contributed by atoms with E-state index >= 15 is 0 Å². The maximum Gasteiger partial charge on any atom is 0.164 e. The molecule has 8 heavy (non-hydrogen) atoms. The number of nitrogens with zero attached hydrogens (tertiary/aromatic N) is 1. The van der Waals surface area contributed by atoms with Gasteiger partial charge in [-0.15, -0.1) is 0 Å². The van der Waals surface area contributed by atoms with Gasteiger partial charge in [0.15, 0.2) is 6.29 Å². The van der Waals surface area contributed by atoms with E-state index in [4.69, 9.17) is 15.5 Å². The molecule has 0 aromatic carbocycles.